The SMILES string of the molecule is CC(C)CC(N)C(=O)NC(CCC(=O)O)C(=O)NC(CC(=O)O)C(=O)NC(Cc1ccccc1)C(=O)O. The molecule has 3 amide bonds. The van der Waals surface area contributed by atoms with Gasteiger partial charge in [0, 0.05) is 12.8 Å². The lowest BCUT2D eigenvalue weighted by atomic mass is 10.0. The van der Waals surface area contributed by atoms with Crippen molar-refractivity contribution in [2.75, 3.05) is 0 Å². The fourth-order valence-corrected chi connectivity index (χ4v) is 3.41. The molecule has 1 aromatic carbocycles. The lowest BCUT2D eigenvalue weighted by Crippen LogP contribution is -2.57. The van der Waals surface area contributed by atoms with Crippen molar-refractivity contribution in [3.8, 4) is 0 Å². The molecule has 1 rings (SSSR count). The lowest BCUT2D eigenvalue weighted by Gasteiger charge is -2.24. The number of nitrogens with two attached hydrogens (primary N) is 1. The van der Waals surface area contributed by atoms with Crippen molar-refractivity contribution in [2.24, 2.45) is 11.7 Å². The Kier molecular flexibility index (Phi) is 12.7. The van der Waals surface area contributed by atoms with Crippen molar-refractivity contribution in [1.29, 1.82) is 0 Å². The third-order valence-corrected chi connectivity index (χ3v) is 5.25. The summed E-state index contributed by atoms with van der Waals surface area (Å²) in [5.41, 5.74) is 6.43. The van der Waals surface area contributed by atoms with Gasteiger partial charge in [0.15, 0.2) is 0 Å². The molecule has 0 heterocycles. The minimum absolute atomic E-state index is 0.0637. The molecule has 4 unspecified atom stereocenters. The van der Waals surface area contributed by atoms with Gasteiger partial charge >= 0.3 is 17.9 Å². The van der Waals surface area contributed by atoms with Crippen molar-refractivity contribution in [1.82, 2.24) is 16.0 Å². The van der Waals surface area contributed by atoms with E-state index in [9.17, 15) is 39.0 Å². The molecule has 4 atom stereocenters. The Bertz CT molecular complexity index is 968. The highest BCUT2D eigenvalue weighted by atomic mass is 16.4. The topological polar surface area (TPSA) is 225 Å². The predicted molar refractivity (Wildman–Crippen MR) is 130 cm³/mol. The molecule has 37 heavy (non-hydrogen) atoms. The molecule has 0 aromatic heterocycles. The van der Waals surface area contributed by atoms with E-state index >= 15 is 0 Å². The Labute approximate surface area is 213 Å². The second-order valence-corrected chi connectivity index (χ2v) is 8.98. The third-order valence-electron chi connectivity index (χ3n) is 5.25. The minimum Gasteiger partial charge on any atom is -0.481 e. The van der Waals surface area contributed by atoms with Crippen LogP contribution in [0.2, 0.25) is 0 Å². The first-order chi connectivity index (χ1) is 17.3. The van der Waals surface area contributed by atoms with Crippen LogP contribution in [0.3, 0.4) is 0 Å². The van der Waals surface area contributed by atoms with Gasteiger partial charge in [-0.1, -0.05) is 44.2 Å². The van der Waals surface area contributed by atoms with E-state index in [-0.39, 0.29) is 18.8 Å². The first-order valence-corrected chi connectivity index (χ1v) is 11.7. The average Bonchev–Trinajstić information content (AvgIpc) is 2.80. The molecule has 0 spiro atoms. The van der Waals surface area contributed by atoms with Crippen LogP contribution in [0, 0.1) is 5.92 Å². The Balaban J connectivity index is 3.03. The Morgan fingerprint density at radius 2 is 1.32 bits per heavy atom. The predicted octanol–water partition coefficient (Wildman–Crippen LogP) is -0.519. The largest absolute Gasteiger partial charge is 0.481 e. The summed E-state index contributed by atoms with van der Waals surface area (Å²) in [6.45, 7) is 3.66. The number of amides is 3. The van der Waals surface area contributed by atoms with Crippen molar-refractivity contribution >= 4 is 35.6 Å². The summed E-state index contributed by atoms with van der Waals surface area (Å²) in [6.07, 6.45) is -1.55. The summed E-state index contributed by atoms with van der Waals surface area (Å²) < 4.78 is 0. The fourth-order valence-electron chi connectivity index (χ4n) is 3.41. The average molecular weight is 523 g/mol. The number of hydrogen-bond acceptors (Lipinski definition) is 7. The fraction of sp³-hybridized carbons (Fsp3) is 0.500. The zero-order chi connectivity index (χ0) is 28.1. The minimum atomic E-state index is -1.70. The van der Waals surface area contributed by atoms with Crippen LogP contribution in [0.5, 0.6) is 0 Å². The van der Waals surface area contributed by atoms with Crippen molar-refractivity contribution in [3.05, 3.63) is 35.9 Å². The van der Waals surface area contributed by atoms with Gasteiger partial charge in [-0.3, -0.25) is 24.0 Å². The number of carbonyl (C=O) groups is 6. The molecule has 13 heteroatoms. The van der Waals surface area contributed by atoms with Crippen LogP contribution in [0.15, 0.2) is 30.3 Å². The summed E-state index contributed by atoms with van der Waals surface area (Å²) in [5.74, 6) is -6.81. The quantitative estimate of drug-likeness (QED) is 0.147. The maximum absolute atomic E-state index is 12.9. The third kappa shape index (κ3) is 12.0. The lowest BCUT2D eigenvalue weighted by molar-refractivity contribution is -0.143. The summed E-state index contributed by atoms with van der Waals surface area (Å²) in [5, 5.41) is 34.5. The first kappa shape index (κ1) is 31.0. The second-order valence-electron chi connectivity index (χ2n) is 8.98. The van der Waals surface area contributed by atoms with Crippen LogP contribution in [-0.4, -0.2) is 75.1 Å². The molecule has 0 radical (unpaired) electrons. The highest BCUT2D eigenvalue weighted by molar-refractivity contribution is 5.95. The van der Waals surface area contributed by atoms with Crippen molar-refractivity contribution < 1.29 is 44.1 Å². The zero-order valence-corrected chi connectivity index (χ0v) is 20.7. The number of carboxylic acids is 3. The van der Waals surface area contributed by atoms with Crippen LogP contribution < -0.4 is 21.7 Å². The van der Waals surface area contributed by atoms with Gasteiger partial charge in [0.1, 0.15) is 18.1 Å². The molecule has 1 aromatic rings. The van der Waals surface area contributed by atoms with Crippen molar-refractivity contribution in [3.63, 3.8) is 0 Å². The van der Waals surface area contributed by atoms with Crippen LogP contribution in [0.4, 0.5) is 0 Å². The van der Waals surface area contributed by atoms with E-state index in [0.29, 0.717) is 12.0 Å². The van der Waals surface area contributed by atoms with Crippen LogP contribution in [0.1, 0.15) is 45.1 Å². The Morgan fingerprint density at radius 3 is 1.84 bits per heavy atom. The molecule has 0 bridgehead atoms. The molecule has 0 saturated heterocycles. The Hall–Kier alpha value is -4.00. The monoisotopic (exact) mass is 522 g/mol. The molecule has 0 saturated carbocycles. The van der Waals surface area contributed by atoms with E-state index in [0.717, 1.165) is 0 Å². The van der Waals surface area contributed by atoms with E-state index in [4.69, 9.17) is 10.8 Å². The maximum Gasteiger partial charge on any atom is 0.326 e. The highest BCUT2D eigenvalue weighted by Crippen LogP contribution is 2.07. The summed E-state index contributed by atoms with van der Waals surface area (Å²) in [6, 6.07) is 2.88. The number of carboxylic acid groups (broad SMARTS) is 3. The van der Waals surface area contributed by atoms with Gasteiger partial charge in [-0.05, 0) is 24.3 Å². The molecule has 0 aliphatic carbocycles. The van der Waals surface area contributed by atoms with Gasteiger partial charge in [0.05, 0.1) is 12.5 Å². The smallest absolute Gasteiger partial charge is 0.326 e. The van der Waals surface area contributed by atoms with E-state index in [2.05, 4.69) is 16.0 Å². The maximum atomic E-state index is 12.9. The summed E-state index contributed by atoms with van der Waals surface area (Å²) in [4.78, 5) is 72.2. The van der Waals surface area contributed by atoms with E-state index < -0.39 is 72.6 Å². The number of benzene rings is 1. The van der Waals surface area contributed by atoms with Crippen molar-refractivity contribution in [2.45, 2.75) is 70.1 Å². The second kappa shape index (κ2) is 15.2. The van der Waals surface area contributed by atoms with E-state index in [1.165, 1.54) is 0 Å². The van der Waals surface area contributed by atoms with Gasteiger partial charge in [0.25, 0.3) is 0 Å². The van der Waals surface area contributed by atoms with Gasteiger partial charge in [-0.2, -0.15) is 0 Å². The van der Waals surface area contributed by atoms with Crippen LogP contribution in [0.25, 0.3) is 0 Å². The molecular formula is C24H34N4O9. The molecule has 0 aliphatic heterocycles. The Morgan fingerprint density at radius 1 is 0.784 bits per heavy atom. The summed E-state index contributed by atoms with van der Waals surface area (Å²) >= 11 is 0. The molecular weight excluding hydrogens is 488 g/mol. The molecule has 0 aliphatic rings. The standard InChI is InChI=1S/C24H34N4O9/c1-13(2)10-15(25)21(33)26-16(8-9-19(29)30)22(34)27-17(12-20(31)32)23(35)28-18(24(36)37)11-14-6-4-3-5-7-14/h3-7,13,15-18H,8-12,25H2,1-2H3,(H,26,33)(H,27,34)(H,28,35)(H,29,30)(H,31,32)(H,36,37). The molecule has 13 nitrogen and oxygen atoms in total. The first-order valence-electron chi connectivity index (χ1n) is 11.7. The molecule has 8 N–H and O–H groups in total. The van der Waals surface area contributed by atoms with Gasteiger partial charge in [-0.15, -0.1) is 0 Å². The zero-order valence-electron chi connectivity index (χ0n) is 20.7. The van der Waals surface area contributed by atoms with Crippen LogP contribution in [-0.2, 0) is 35.2 Å². The van der Waals surface area contributed by atoms with Gasteiger partial charge in [0.2, 0.25) is 17.7 Å². The normalized spacial score (nSPS) is 14.1. The number of carbonyl (C=O) groups excluding carboxylic acids is 3. The highest BCUT2D eigenvalue weighted by Gasteiger charge is 2.32. The number of aliphatic carboxylic acids is 3. The summed E-state index contributed by atoms with van der Waals surface area (Å²) in [7, 11) is 0. The number of nitrogens with one attached hydrogen (secondary N) is 3. The number of hydrogen-bond donors (Lipinski definition) is 7. The van der Waals surface area contributed by atoms with E-state index in [1.54, 1.807) is 30.3 Å². The molecule has 0 fully saturated rings. The van der Waals surface area contributed by atoms with E-state index in [1.807, 2.05) is 13.8 Å². The van der Waals surface area contributed by atoms with Gasteiger partial charge < -0.3 is 37.0 Å². The number of rotatable bonds is 16. The van der Waals surface area contributed by atoms with Gasteiger partial charge in [-0.25, -0.2) is 4.79 Å². The van der Waals surface area contributed by atoms with Crippen LogP contribution >= 0.6 is 0 Å². The molecule has 204 valence electrons.